The Morgan fingerprint density at radius 1 is 1.00 bits per heavy atom. The summed E-state index contributed by atoms with van der Waals surface area (Å²) in [6, 6.07) is 0. The number of hydrogen-bond acceptors (Lipinski definition) is 8. The molecule has 1 N–H and O–H groups in total. The van der Waals surface area contributed by atoms with E-state index >= 15 is 0 Å². The highest BCUT2D eigenvalue weighted by atomic mass is 16.6. The molecule has 0 atom stereocenters. The first-order valence-electron chi connectivity index (χ1n) is 10.3. The van der Waals surface area contributed by atoms with Crippen LogP contribution in [0.4, 0.5) is 15.5 Å². The van der Waals surface area contributed by atoms with Crippen LogP contribution in [0.1, 0.15) is 59.9 Å². The first-order valence-corrected chi connectivity index (χ1v) is 10.3. The number of carboxylic acid groups (broad SMARTS) is 1. The lowest BCUT2D eigenvalue weighted by Crippen LogP contribution is -2.44. The monoisotopic (exact) mass is 436 g/mol. The molecule has 10 heteroatoms. The Labute approximate surface area is 182 Å². The zero-order chi connectivity index (χ0) is 23.4. The molecule has 0 unspecified atom stereocenters. The topological polar surface area (TPSA) is 122 Å². The quantitative estimate of drug-likeness (QED) is 0.756. The minimum atomic E-state index is -0.926. The molecule has 0 radical (unpaired) electrons. The van der Waals surface area contributed by atoms with Crippen LogP contribution in [0.3, 0.4) is 0 Å². The number of aliphatic carboxylic acids is 1. The maximum absolute atomic E-state index is 12.6. The average Bonchev–Trinajstić information content (AvgIpc) is 2.60. The molecule has 1 fully saturated rings. The highest BCUT2D eigenvalue weighted by Gasteiger charge is 2.34. The fourth-order valence-electron chi connectivity index (χ4n) is 2.99. The van der Waals surface area contributed by atoms with Crippen LogP contribution in [0.15, 0.2) is 12.4 Å². The summed E-state index contributed by atoms with van der Waals surface area (Å²) in [5, 5.41) is 9.11. The normalized spacial score (nSPS) is 15.9. The molecule has 31 heavy (non-hydrogen) atoms. The lowest BCUT2D eigenvalue weighted by molar-refractivity contribution is -0.143. The number of nitrogens with zero attached hydrogens (tertiary/aromatic N) is 4. The molecule has 2 rings (SSSR count). The number of piperidine rings is 1. The van der Waals surface area contributed by atoms with Crippen molar-refractivity contribution in [1.29, 1.82) is 0 Å². The minimum Gasteiger partial charge on any atom is -0.481 e. The molecule has 2 heterocycles. The maximum atomic E-state index is 12.6. The molecule has 0 bridgehead atoms. The predicted molar refractivity (Wildman–Crippen MR) is 113 cm³/mol. The van der Waals surface area contributed by atoms with Gasteiger partial charge in [-0.05, 0) is 67.5 Å². The first-order chi connectivity index (χ1) is 14.2. The number of aromatic nitrogens is 2. The number of ether oxygens (including phenoxy) is 2. The van der Waals surface area contributed by atoms with Crippen LogP contribution in [-0.4, -0.2) is 62.4 Å². The van der Waals surface area contributed by atoms with Gasteiger partial charge in [0.1, 0.15) is 11.2 Å². The van der Waals surface area contributed by atoms with Crippen molar-refractivity contribution in [3.05, 3.63) is 18.0 Å². The van der Waals surface area contributed by atoms with E-state index in [1.165, 1.54) is 12.4 Å². The minimum absolute atomic E-state index is 0.142. The van der Waals surface area contributed by atoms with E-state index in [1.807, 2.05) is 0 Å². The molecule has 1 aliphatic heterocycles. The van der Waals surface area contributed by atoms with E-state index in [0.717, 1.165) is 5.56 Å². The van der Waals surface area contributed by atoms with Crippen molar-refractivity contribution < 1.29 is 29.0 Å². The molecule has 172 valence electrons. The van der Waals surface area contributed by atoms with Gasteiger partial charge in [-0.1, -0.05) is 0 Å². The van der Waals surface area contributed by atoms with Gasteiger partial charge in [0.15, 0.2) is 0 Å². The summed E-state index contributed by atoms with van der Waals surface area (Å²) >= 11 is 0. The van der Waals surface area contributed by atoms with E-state index < -0.39 is 29.4 Å². The molecule has 1 aromatic heterocycles. The van der Waals surface area contributed by atoms with Crippen LogP contribution in [0.5, 0.6) is 0 Å². The predicted octanol–water partition coefficient (Wildman–Crippen LogP) is 3.45. The molecule has 1 aliphatic rings. The fraction of sp³-hybridized carbons (Fsp3) is 0.667. The molecule has 10 nitrogen and oxygen atoms in total. The van der Waals surface area contributed by atoms with Crippen molar-refractivity contribution in [2.24, 2.45) is 5.92 Å². The van der Waals surface area contributed by atoms with E-state index in [9.17, 15) is 14.4 Å². The Morgan fingerprint density at radius 3 is 1.84 bits per heavy atom. The van der Waals surface area contributed by atoms with Crippen molar-refractivity contribution in [2.45, 2.75) is 72.1 Å². The van der Waals surface area contributed by atoms with Gasteiger partial charge < -0.3 is 14.6 Å². The summed E-state index contributed by atoms with van der Waals surface area (Å²) in [7, 11) is 0. The van der Waals surface area contributed by atoms with Crippen molar-refractivity contribution >= 4 is 24.1 Å². The zero-order valence-electron chi connectivity index (χ0n) is 19.0. The number of carbonyl (C=O) groups excluding carboxylic acids is 2. The average molecular weight is 437 g/mol. The van der Waals surface area contributed by atoms with Gasteiger partial charge in [0, 0.05) is 24.5 Å². The zero-order valence-corrected chi connectivity index (χ0v) is 19.0. The number of hydrogen-bond donors (Lipinski definition) is 1. The van der Waals surface area contributed by atoms with Crippen LogP contribution in [0.25, 0.3) is 0 Å². The molecule has 1 saturated heterocycles. The second-order valence-corrected chi connectivity index (χ2v) is 9.58. The smallest absolute Gasteiger partial charge is 0.427 e. The van der Waals surface area contributed by atoms with Gasteiger partial charge in [-0.3, -0.25) is 9.69 Å². The highest BCUT2D eigenvalue weighted by Crippen LogP contribution is 2.21. The van der Waals surface area contributed by atoms with Gasteiger partial charge >= 0.3 is 18.2 Å². The third kappa shape index (κ3) is 7.78. The third-order valence-corrected chi connectivity index (χ3v) is 4.39. The molecular weight excluding hydrogens is 404 g/mol. The molecule has 0 aliphatic carbocycles. The van der Waals surface area contributed by atoms with E-state index in [0.29, 0.717) is 37.4 Å². The van der Waals surface area contributed by atoms with Crippen LogP contribution >= 0.6 is 0 Å². The lowest BCUT2D eigenvalue weighted by Gasteiger charge is -2.30. The maximum Gasteiger partial charge on any atom is 0.427 e. The van der Waals surface area contributed by atoms with Gasteiger partial charge in [0.2, 0.25) is 5.95 Å². The summed E-state index contributed by atoms with van der Waals surface area (Å²) in [6.07, 6.45) is 2.41. The van der Waals surface area contributed by atoms with Gasteiger partial charge in [0.25, 0.3) is 0 Å². The first kappa shape index (κ1) is 24.5. The molecule has 0 spiro atoms. The van der Waals surface area contributed by atoms with Crippen LogP contribution < -0.4 is 4.90 Å². The van der Waals surface area contributed by atoms with Crippen molar-refractivity contribution in [1.82, 2.24) is 14.9 Å². The fourth-order valence-corrected chi connectivity index (χ4v) is 2.99. The van der Waals surface area contributed by atoms with E-state index in [4.69, 9.17) is 14.6 Å². The largest absolute Gasteiger partial charge is 0.481 e. The number of carboxylic acids is 1. The highest BCUT2D eigenvalue weighted by molar-refractivity contribution is 6.08. The Kier molecular flexibility index (Phi) is 7.58. The van der Waals surface area contributed by atoms with Crippen molar-refractivity contribution in [2.75, 3.05) is 18.0 Å². The number of rotatable bonds is 4. The van der Waals surface area contributed by atoms with Crippen LogP contribution in [0.2, 0.25) is 0 Å². The van der Waals surface area contributed by atoms with E-state index in [-0.39, 0.29) is 11.9 Å². The number of amides is 2. The van der Waals surface area contributed by atoms with E-state index in [1.54, 1.807) is 41.5 Å². The van der Waals surface area contributed by atoms with Crippen molar-refractivity contribution in [3.8, 4) is 0 Å². The van der Waals surface area contributed by atoms with Gasteiger partial charge in [0.05, 0.1) is 5.92 Å². The Bertz CT molecular complexity index is 762. The number of imide groups is 1. The van der Waals surface area contributed by atoms with Crippen molar-refractivity contribution in [3.63, 3.8) is 0 Å². The van der Waals surface area contributed by atoms with Gasteiger partial charge in [-0.2, -0.15) is 0 Å². The summed E-state index contributed by atoms with van der Waals surface area (Å²) in [4.78, 5) is 47.5. The third-order valence-electron chi connectivity index (χ3n) is 4.39. The summed E-state index contributed by atoms with van der Waals surface area (Å²) < 4.78 is 10.6. The molecule has 1 aromatic rings. The van der Waals surface area contributed by atoms with Gasteiger partial charge in [-0.25, -0.2) is 19.6 Å². The summed E-state index contributed by atoms with van der Waals surface area (Å²) in [5.41, 5.74) is -0.857. The lowest BCUT2D eigenvalue weighted by atomic mass is 9.97. The number of carbonyl (C=O) groups is 3. The summed E-state index contributed by atoms with van der Waals surface area (Å²) in [5.74, 6) is -1.19. The number of likely N-dealkylation sites (tertiary alicyclic amines) is 1. The Hall–Kier alpha value is -2.75. The molecule has 0 aromatic carbocycles. The number of anilines is 1. The standard InChI is InChI=1S/C21H32N4O6/c1-20(2,3)30-18(28)25(19(29)31-21(4,5)6)17-22-11-14(12-23-17)13-24-9-7-15(8-10-24)16(26)27/h11-12,15H,7-10,13H2,1-6H3,(H,26,27). The Balaban J connectivity index is 2.13. The molecule has 2 amide bonds. The van der Waals surface area contributed by atoms with Crippen LogP contribution in [-0.2, 0) is 20.8 Å². The van der Waals surface area contributed by atoms with E-state index in [2.05, 4.69) is 14.9 Å². The molecular formula is C21H32N4O6. The van der Waals surface area contributed by atoms with Crippen LogP contribution in [0, 0.1) is 5.92 Å². The molecule has 0 saturated carbocycles. The summed E-state index contributed by atoms with van der Waals surface area (Å²) in [6.45, 7) is 12.0. The SMILES string of the molecule is CC(C)(C)OC(=O)N(C(=O)OC(C)(C)C)c1ncc(CN2CCC(C(=O)O)CC2)cn1. The second kappa shape index (κ2) is 9.59. The Morgan fingerprint density at radius 2 is 1.45 bits per heavy atom. The second-order valence-electron chi connectivity index (χ2n) is 9.58. The van der Waals surface area contributed by atoms with Gasteiger partial charge in [-0.15, -0.1) is 4.90 Å².